The summed E-state index contributed by atoms with van der Waals surface area (Å²) in [6.07, 6.45) is -4.73. The summed E-state index contributed by atoms with van der Waals surface area (Å²) in [5, 5.41) is 5.53. The molecule has 0 radical (unpaired) electrons. The van der Waals surface area contributed by atoms with Gasteiger partial charge in [0.2, 0.25) is 5.91 Å². The fourth-order valence-corrected chi connectivity index (χ4v) is 2.07. The summed E-state index contributed by atoms with van der Waals surface area (Å²) < 4.78 is 45.2. The lowest BCUT2D eigenvalue weighted by atomic mass is 10.2. The largest absolute Gasteiger partial charge is 0.573 e. The average molecular weight is 354 g/mol. The Balaban J connectivity index is 1.91. The number of ether oxygens (including phenoxy) is 2. The molecule has 0 saturated carbocycles. The molecule has 5 nitrogen and oxygen atoms in total. The summed E-state index contributed by atoms with van der Waals surface area (Å²) in [6.45, 7) is 1.83. The molecule has 0 unspecified atom stereocenters. The standard InChI is InChI=1S/C17H17F3N2O3/c1-11-3-8-15(24-2)14(9-11)22-16(23)10-21-12-4-6-13(7-5-12)25-17(18,19)20/h3-9,21H,10H2,1-2H3,(H,22,23). The van der Waals surface area contributed by atoms with E-state index in [4.69, 9.17) is 4.74 Å². The van der Waals surface area contributed by atoms with E-state index in [0.717, 1.165) is 17.7 Å². The number of hydrogen-bond acceptors (Lipinski definition) is 4. The number of anilines is 2. The first-order valence-corrected chi connectivity index (χ1v) is 7.31. The quantitative estimate of drug-likeness (QED) is 0.825. The van der Waals surface area contributed by atoms with Gasteiger partial charge in [-0.05, 0) is 48.9 Å². The third-order valence-corrected chi connectivity index (χ3v) is 3.17. The molecule has 1 amide bonds. The average Bonchev–Trinajstić information content (AvgIpc) is 2.53. The van der Waals surface area contributed by atoms with E-state index in [0.29, 0.717) is 17.1 Å². The molecule has 0 saturated heterocycles. The Bertz CT molecular complexity index is 731. The Morgan fingerprint density at radius 3 is 2.40 bits per heavy atom. The predicted molar refractivity (Wildman–Crippen MR) is 88.0 cm³/mol. The van der Waals surface area contributed by atoms with Crippen molar-refractivity contribution in [2.45, 2.75) is 13.3 Å². The highest BCUT2D eigenvalue weighted by molar-refractivity contribution is 5.95. The van der Waals surface area contributed by atoms with E-state index in [1.54, 1.807) is 12.1 Å². The number of benzene rings is 2. The minimum Gasteiger partial charge on any atom is -0.495 e. The molecule has 2 aromatic rings. The zero-order valence-electron chi connectivity index (χ0n) is 13.6. The smallest absolute Gasteiger partial charge is 0.495 e. The topological polar surface area (TPSA) is 59.6 Å². The molecule has 2 aromatic carbocycles. The number of carbonyl (C=O) groups excluding carboxylic acids is 1. The van der Waals surface area contributed by atoms with E-state index in [-0.39, 0.29) is 18.2 Å². The van der Waals surface area contributed by atoms with Gasteiger partial charge in [-0.2, -0.15) is 0 Å². The zero-order chi connectivity index (χ0) is 18.4. The molecule has 25 heavy (non-hydrogen) atoms. The van der Waals surface area contributed by atoms with Gasteiger partial charge < -0.3 is 20.1 Å². The van der Waals surface area contributed by atoms with Crippen LogP contribution in [0.3, 0.4) is 0 Å². The van der Waals surface area contributed by atoms with Gasteiger partial charge in [0, 0.05) is 5.69 Å². The van der Waals surface area contributed by atoms with Gasteiger partial charge >= 0.3 is 6.36 Å². The molecule has 0 bridgehead atoms. The lowest BCUT2D eigenvalue weighted by Gasteiger charge is -2.12. The molecule has 8 heteroatoms. The summed E-state index contributed by atoms with van der Waals surface area (Å²) in [4.78, 5) is 12.0. The van der Waals surface area contributed by atoms with Crippen molar-refractivity contribution in [2.24, 2.45) is 0 Å². The molecule has 0 spiro atoms. The van der Waals surface area contributed by atoms with Crippen LogP contribution in [0.5, 0.6) is 11.5 Å². The number of hydrogen-bond donors (Lipinski definition) is 2. The van der Waals surface area contributed by atoms with E-state index in [1.807, 2.05) is 13.0 Å². The third-order valence-electron chi connectivity index (χ3n) is 3.17. The lowest BCUT2D eigenvalue weighted by Crippen LogP contribution is -2.22. The molecule has 0 fully saturated rings. The van der Waals surface area contributed by atoms with Gasteiger partial charge in [-0.15, -0.1) is 13.2 Å². The second kappa shape index (κ2) is 7.78. The molecule has 0 aliphatic rings. The van der Waals surface area contributed by atoms with Crippen LogP contribution < -0.4 is 20.1 Å². The van der Waals surface area contributed by atoms with Crippen molar-refractivity contribution < 1.29 is 27.4 Å². The van der Waals surface area contributed by atoms with Crippen LogP contribution in [0.25, 0.3) is 0 Å². The van der Waals surface area contributed by atoms with Crippen LogP contribution in [0, 0.1) is 6.92 Å². The van der Waals surface area contributed by atoms with Crippen LogP contribution in [0.15, 0.2) is 42.5 Å². The van der Waals surface area contributed by atoms with Gasteiger partial charge in [-0.25, -0.2) is 0 Å². The normalized spacial score (nSPS) is 10.9. The lowest BCUT2D eigenvalue weighted by molar-refractivity contribution is -0.274. The Hall–Kier alpha value is -2.90. The number of amides is 1. The van der Waals surface area contributed by atoms with Crippen molar-refractivity contribution in [1.29, 1.82) is 0 Å². The maximum absolute atomic E-state index is 12.1. The van der Waals surface area contributed by atoms with Crippen molar-refractivity contribution in [3.63, 3.8) is 0 Å². The molecular formula is C17H17F3N2O3. The number of aryl methyl sites for hydroxylation is 1. The minimum atomic E-state index is -4.73. The van der Waals surface area contributed by atoms with Crippen LogP contribution in [0.2, 0.25) is 0 Å². The molecule has 2 N–H and O–H groups in total. The van der Waals surface area contributed by atoms with Crippen LogP contribution in [0.1, 0.15) is 5.56 Å². The Kier molecular flexibility index (Phi) is 5.74. The van der Waals surface area contributed by atoms with Gasteiger partial charge in [0.1, 0.15) is 11.5 Å². The number of alkyl halides is 3. The molecular weight excluding hydrogens is 337 g/mol. The fourth-order valence-electron chi connectivity index (χ4n) is 2.07. The van der Waals surface area contributed by atoms with Gasteiger partial charge in [-0.1, -0.05) is 6.07 Å². The van der Waals surface area contributed by atoms with Gasteiger partial charge in [0.15, 0.2) is 0 Å². The first kappa shape index (κ1) is 18.4. The van der Waals surface area contributed by atoms with Crippen molar-refractivity contribution in [2.75, 3.05) is 24.3 Å². The molecule has 2 rings (SSSR count). The number of nitrogens with one attached hydrogen (secondary N) is 2. The van der Waals surface area contributed by atoms with Gasteiger partial charge in [0.25, 0.3) is 0 Å². The van der Waals surface area contributed by atoms with Crippen LogP contribution in [-0.2, 0) is 4.79 Å². The first-order chi connectivity index (χ1) is 11.8. The van der Waals surface area contributed by atoms with E-state index < -0.39 is 6.36 Å². The second-order valence-electron chi connectivity index (χ2n) is 5.18. The summed E-state index contributed by atoms with van der Waals surface area (Å²) in [5.41, 5.74) is 1.99. The summed E-state index contributed by atoms with van der Waals surface area (Å²) in [5.74, 6) is -0.112. The number of carbonyl (C=O) groups is 1. The minimum absolute atomic E-state index is 0.0590. The molecule has 134 valence electrons. The Morgan fingerprint density at radius 1 is 1.12 bits per heavy atom. The SMILES string of the molecule is COc1ccc(C)cc1NC(=O)CNc1ccc(OC(F)(F)F)cc1. The monoisotopic (exact) mass is 354 g/mol. The van der Waals surface area contributed by atoms with E-state index in [9.17, 15) is 18.0 Å². The van der Waals surface area contributed by atoms with E-state index in [1.165, 1.54) is 19.2 Å². The number of methoxy groups -OCH3 is 1. The Labute approximate surface area is 142 Å². The maximum atomic E-state index is 12.1. The summed E-state index contributed by atoms with van der Waals surface area (Å²) in [6, 6.07) is 10.5. The molecule has 0 atom stereocenters. The molecule has 0 aliphatic heterocycles. The van der Waals surface area contributed by atoms with Crippen LogP contribution in [0.4, 0.5) is 24.5 Å². The maximum Gasteiger partial charge on any atom is 0.573 e. The van der Waals surface area contributed by atoms with Gasteiger partial charge in [-0.3, -0.25) is 4.79 Å². The van der Waals surface area contributed by atoms with E-state index in [2.05, 4.69) is 15.4 Å². The Morgan fingerprint density at radius 2 is 1.80 bits per heavy atom. The summed E-state index contributed by atoms with van der Waals surface area (Å²) >= 11 is 0. The van der Waals surface area contributed by atoms with Crippen molar-refractivity contribution in [1.82, 2.24) is 0 Å². The molecule has 0 aromatic heterocycles. The fraction of sp³-hybridized carbons (Fsp3) is 0.235. The van der Waals surface area contributed by atoms with Crippen molar-refractivity contribution >= 4 is 17.3 Å². The highest BCUT2D eigenvalue weighted by atomic mass is 19.4. The van der Waals surface area contributed by atoms with E-state index >= 15 is 0 Å². The molecule has 0 heterocycles. The third kappa shape index (κ3) is 5.91. The predicted octanol–water partition coefficient (Wildman–Crippen LogP) is 3.95. The zero-order valence-corrected chi connectivity index (χ0v) is 13.6. The number of rotatable bonds is 6. The van der Waals surface area contributed by atoms with Crippen molar-refractivity contribution in [3.8, 4) is 11.5 Å². The second-order valence-corrected chi connectivity index (χ2v) is 5.18. The molecule has 0 aliphatic carbocycles. The van der Waals surface area contributed by atoms with Gasteiger partial charge in [0.05, 0.1) is 19.3 Å². The van der Waals surface area contributed by atoms with Crippen LogP contribution in [-0.4, -0.2) is 25.9 Å². The van der Waals surface area contributed by atoms with Crippen LogP contribution >= 0.6 is 0 Å². The number of halogens is 3. The summed E-state index contributed by atoms with van der Waals surface area (Å²) in [7, 11) is 1.50. The first-order valence-electron chi connectivity index (χ1n) is 7.31. The highest BCUT2D eigenvalue weighted by Crippen LogP contribution is 2.25. The van der Waals surface area contributed by atoms with Crippen molar-refractivity contribution in [3.05, 3.63) is 48.0 Å². The highest BCUT2D eigenvalue weighted by Gasteiger charge is 2.30.